The van der Waals surface area contributed by atoms with Gasteiger partial charge in [0.2, 0.25) is 5.91 Å². The highest BCUT2D eigenvalue weighted by atomic mass is 16.1. The van der Waals surface area contributed by atoms with Gasteiger partial charge in [0.05, 0.1) is 5.69 Å². The third kappa shape index (κ3) is 4.08. The molecule has 1 aliphatic carbocycles. The molecule has 0 radical (unpaired) electrons. The molecule has 1 saturated carbocycles. The van der Waals surface area contributed by atoms with E-state index in [0.29, 0.717) is 18.4 Å². The molecule has 1 N–H and O–H groups in total. The van der Waals surface area contributed by atoms with E-state index in [1.165, 1.54) is 32.1 Å². The van der Waals surface area contributed by atoms with Crippen LogP contribution < -0.4 is 5.32 Å². The molecule has 2 unspecified atom stereocenters. The van der Waals surface area contributed by atoms with Crippen LogP contribution >= 0.6 is 0 Å². The van der Waals surface area contributed by atoms with Crippen molar-refractivity contribution in [1.82, 2.24) is 19.9 Å². The lowest BCUT2D eigenvalue weighted by Gasteiger charge is -2.21. The lowest BCUT2D eigenvalue weighted by atomic mass is 9.96. The Bertz CT molecular complexity index is 780. The maximum absolute atomic E-state index is 12.5. The summed E-state index contributed by atoms with van der Waals surface area (Å²) in [4.78, 5) is 17.2. The van der Waals surface area contributed by atoms with E-state index in [2.05, 4.69) is 29.2 Å². The van der Waals surface area contributed by atoms with Crippen LogP contribution in [-0.2, 0) is 11.2 Å². The summed E-state index contributed by atoms with van der Waals surface area (Å²) < 4.78 is 1.90. The van der Waals surface area contributed by atoms with Crippen LogP contribution in [0.5, 0.6) is 0 Å². The minimum absolute atomic E-state index is 0.175. The molecule has 26 heavy (non-hydrogen) atoms. The van der Waals surface area contributed by atoms with E-state index in [9.17, 15) is 4.79 Å². The van der Waals surface area contributed by atoms with Gasteiger partial charge in [-0.25, -0.2) is 9.50 Å². The molecule has 2 aromatic heterocycles. The first-order valence-corrected chi connectivity index (χ1v) is 10.1. The maximum Gasteiger partial charge on any atom is 0.220 e. The smallest absolute Gasteiger partial charge is 0.220 e. The van der Waals surface area contributed by atoms with E-state index >= 15 is 0 Å². The van der Waals surface area contributed by atoms with Crippen molar-refractivity contribution in [2.75, 3.05) is 0 Å². The SMILES string of the molecule is CCCCC1CCCC1NC(=O)CCc1c(C)nc2cc(C)nn2c1C. The van der Waals surface area contributed by atoms with Crippen LogP contribution in [0.3, 0.4) is 0 Å². The summed E-state index contributed by atoms with van der Waals surface area (Å²) in [6, 6.07) is 2.37. The van der Waals surface area contributed by atoms with Crippen molar-refractivity contribution in [2.24, 2.45) is 5.92 Å². The summed E-state index contributed by atoms with van der Waals surface area (Å²) >= 11 is 0. The van der Waals surface area contributed by atoms with Crippen LogP contribution in [0.25, 0.3) is 5.65 Å². The Labute approximate surface area is 156 Å². The molecule has 0 aliphatic heterocycles. The molecule has 0 spiro atoms. The fourth-order valence-electron chi connectivity index (χ4n) is 4.36. The van der Waals surface area contributed by atoms with E-state index in [4.69, 9.17) is 0 Å². The fraction of sp³-hybridized carbons (Fsp3) is 0.667. The number of nitrogens with one attached hydrogen (secondary N) is 1. The van der Waals surface area contributed by atoms with Gasteiger partial charge in [-0.3, -0.25) is 4.79 Å². The number of hydrogen-bond acceptors (Lipinski definition) is 3. The largest absolute Gasteiger partial charge is 0.353 e. The van der Waals surface area contributed by atoms with Gasteiger partial charge in [0.15, 0.2) is 5.65 Å². The minimum Gasteiger partial charge on any atom is -0.353 e. The molecule has 142 valence electrons. The van der Waals surface area contributed by atoms with Gasteiger partial charge in [0, 0.05) is 29.9 Å². The van der Waals surface area contributed by atoms with Gasteiger partial charge < -0.3 is 5.32 Å². The number of amides is 1. The number of nitrogens with zero attached hydrogens (tertiary/aromatic N) is 3. The number of aryl methyl sites for hydroxylation is 3. The second-order valence-electron chi connectivity index (χ2n) is 7.82. The summed E-state index contributed by atoms with van der Waals surface area (Å²) in [5.41, 5.74) is 5.09. The van der Waals surface area contributed by atoms with E-state index in [0.717, 1.165) is 41.1 Å². The summed E-state index contributed by atoms with van der Waals surface area (Å²) in [6.45, 7) is 8.31. The number of hydrogen-bond donors (Lipinski definition) is 1. The molecule has 1 amide bonds. The van der Waals surface area contributed by atoms with Crippen LogP contribution in [0, 0.1) is 26.7 Å². The summed E-state index contributed by atoms with van der Waals surface area (Å²) in [5.74, 6) is 0.848. The van der Waals surface area contributed by atoms with Crippen LogP contribution in [0.4, 0.5) is 0 Å². The topological polar surface area (TPSA) is 59.3 Å². The molecule has 0 bridgehead atoms. The zero-order valence-electron chi connectivity index (χ0n) is 16.6. The molecule has 0 saturated heterocycles. The minimum atomic E-state index is 0.175. The molecule has 0 aromatic carbocycles. The van der Waals surface area contributed by atoms with Gasteiger partial charge in [0.1, 0.15) is 0 Å². The Kier molecular flexibility index (Phi) is 5.94. The lowest BCUT2D eigenvalue weighted by molar-refractivity contribution is -0.122. The molecule has 2 atom stereocenters. The van der Waals surface area contributed by atoms with Gasteiger partial charge >= 0.3 is 0 Å². The van der Waals surface area contributed by atoms with Gasteiger partial charge in [-0.05, 0) is 57.9 Å². The molecule has 3 rings (SSSR count). The number of carbonyl (C=O) groups is 1. The second kappa shape index (κ2) is 8.19. The van der Waals surface area contributed by atoms with Crippen molar-refractivity contribution in [3.8, 4) is 0 Å². The monoisotopic (exact) mass is 356 g/mol. The predicted molar refractivity (Wildman–Crippen MR) is 104 cm³/mol. The summed E-state index contributed by atoms with van der Waals surface area (Å²) in [6.07, 6.45) is 8.64. The van der Waals surface area contributed by atoms with E-state index in [-0.39, 0.29) is 5.91 Å². The third-order valence-corrected chi connectivity index (χ3v) is 5.82. The summed E-state index contributed by atoms with van der Waals surface area (Å²) in [7, 11) is 0. The predicted octanol–water partition coefficient (Wildman–Crippen LogP) is 4.06. The highest BCUT2D eigenvalue weighted by Crippen LogP contribution is 2.30. The molecule has 2 heterocycles. The van der Waals surface area contributed by atoms with Crippen molar-refractivity contribution in [2.45, 2.75) is 85.1 Å². The van der Waals surface area contributed by atoms with E-state index in [1.807, 2.05) is 24.4 Å². The van der Waals surface area contributed by atoms with Gasteiger partial charge in [0.25, 0.3) is 0 Å². The first-order chi connectivity index (χ1) is 12.5. The summed E-state index contributed by atoms with van der Waals surface area (Å²) in [5, 5.41) is 7.82. The van der Waals surface area contributed by atoms with Gasteiger partial charge in [-0.1, -0.05) is 26.2 Å². The second-order valence-corrected chi connectivity index (χ2v) is 7.82. The molecular weight excluding hydrogens is 324 g/mol. The van der Waals surface area contributed by atoms with Crippen LogP contribution in [0.15, 0.2) is 6.07 Å². The third-order valence-electron chi connectivity index (χ3n) is 5.82. The molecule has 5 nitrogen and oxygen atoms in total. The van der Waals surface area contributed by atoms with Crippen LogP contribution in [0.2, 0.25) is 0 Å². The van der Waals surface area contributed by atoms with Crippen LogP contribution in [-0.4, -0.2) is 26.5 Å². The Morgan fingerprint density at radius 3 is 2.88 bits per heavy atom. The number of fused-ring (bicyclic) bond motifs is 1. The number of aromatic nitrogens is 3. The molecule has 1 aliphatic rings. The Balaban J connectivity index is 1.62. The Morgan fingerprint density at radius 1 is 1.31 bits per heavy atom. The quantitative estimate of drug-likeness (QED) is 0.814. The fourth-order valence-corrected chi connectivity index (χ4v) is 4.36. The van der Waals surface area contributed by atoms with Crippen molar-refractivity contribution in [3.63, 3.8) is 0 Å². The van der Waals surface area contributed by atoms with Crippen molar-refractivity contribution >= 4 is 11.6 Å². The number of unbranched alkanes of at least 4 members (excludes halogenated alkanes) is 1. The standard InChI is InChI=1S/C21H32N4O/c1-5-6-8-17-9-7-10-19(17)23-21(26)12-11-18-15(3)22-20-13-14(2)24-25(20)16(18)4/h13,17,19H,5-12H2,1-4H3,(H,23,26). The first kappa shape index (κ1) is 18.9. The lowest BCUT2D eigenvalue weighted by Crippen LogP contribution is -2.37. The zero-order chi connectivity index (χ0) is 18.7. The van der Waals surface area contributed by atoms with Gasteiger partial charge in [-0.15, -0.1) is 0 Å². The van der Waals surface area contributed by atoms with Gasteiger partial charge in [-0.2, -0.15) is 5.10 Å². The average Bonchev–Trinajstić information content (AvgIpc) is 3.18. The van der Waals surface area contributed by atoms with Crippen LogP contribution in [0.1, 0.15) is 74.5 Å². The molecular formula is C21H32N4O. The first-order valence-electron chi connectivity index (χ1n) is 10.1. The highest BCUT2D eigenvalue weighted by molar-refractivity contribution is 5.76. The molecule has 1 fully saturated rings. The highest BCUT2D eigenvalue weighted by Gasteiger charge is 2.27. The maximum atomic E-state index is 12.5. The molecule has 5 heteroatoms. The van der Waals surface area contributed by atoms with E-state index < -0.39 is 0 Å². The molecule has 2 aromatic rings. The zero-order valence-corrected chi connectivity index (χ0v) is 16.6. The average molecular weight is 357 g/mol. The Morgan fingerprint density at radius 2 is 2.12 bits per heavy atom. The van der Waals surface area contributed by atoms with E-state index in [1.54, 1.807) is 0 Å². The Hall–Kier alpha value is -1.91. The number of rotatable bonds is 7. The van der Waals surface area contributed by atoms with Crippen molar-refractivity contribution in [3.05, 3.63) is 28.7 Å². The normalized spacial score (nSPS) is 20.0. The van der Waals surface area contributed by atoms with Crippen molar-refractivity contribution < 1.29 is 4.79 Å². The van der Waals surface area contributed by atoms with Crippen molar-refractivity contribution in [1.29, 1.82) is 0 Å². The number of carbonyl (C=O) groups excluding carboxylic acids is 1.